The Balaban J connectivity index is 0.00000225. The predicted molar refractivity (Wildman–Crippen MR) is 119 cm³/mol. The van der Waals surface area contributed by atoms with Crippen LogP contribution in [0.4, 0.5) is 0 Å². The van der Waals surface area contributed by atoms with Crippen LogP contribution in [0.3, 0.4) is 0 Å². The first-order valence-electron chi connectivity index (χ1n) is 8.51. The van der Waals surface area contributed by atoms with E-state index in [0.717, 1.165) is 22.0 Å². The maximum atomic E-state index is 13.4. The van der Waals surface area contributed by atoms with Gasteiger partial charge in [0.15, 0.2) is 5.78 Å². The maximum absolute atomic E-state index is 13.4. The fraction of sp³-hybridized carbons (Fsp3) is 0.0435. The van der Waals surface area contributed by atoms with Gasteiger partial charge in [-0.2, -0.15) is 0 Å². The molecule has 0 atom stereocenters. The van der Waals surface area contributed by atoms with Crippen molar-refractivity contribution >= 4 is 52.3 Å². The van der Waals surface area contributed by atoms with Gasteiger partial charge in [-0.25, -0.2) is 0 Å². The largest absolute Gasteiger partial charge is 0.289 e. The van der Waals surface area contributed by atoms with E-state index in [1.54, 1.807) is 18.2 Å². The monoisotopic (exact) mass is 427 g/mol. The zero-order chi connectivity index (χ0) is 19.0. The van der Waals surface area contributed by atoms with E-state index in [1.807, 2.05) is 61.5 Å². The van der Waals surface area contributed by atoms with Crippen molar-refractivity contribution < 1.29 is 4.79 Å². The lowest BCUT2D eigenvalue weighted by Gasteiger charge is -2.16. The number of benzene rings is 3. The molecule has 0 saturated carbocycles. The second-order valence-electron chi connectivity index (χ2n) is 6.28. The van der Waals surface area contributed by atoms with Gasteiger partial charge in [-0.3, -0.25) is 9.78 Å². The average molecular weight is 429 g/mol. The Kier molecular flexibility index (Phi) is 6.04. The van der Waals surface area contributed by atoms with Crippen LogP contribution in [0.1, 0.15) is 21.6 Å². The van der Waals surface area contributed by atoms with E-state index >= 15 is 0 Å². The molecular weight excluding hydrogens is 413 g/mol. The number of ketones is 1. The molecule has 1 heterocycles. The van der Waals surface area contributed by atoms with Gasteiger partial charge in [0.25, 0.3) is 0 Å². The minimum atomic E-state index is -0.0857. The smallest absolute Gasteiger partial charge is 0.195 e. The van der Waals surface area contributed by atoms with Crippen LogP contribution in [-0.4, -0.2) is 10.8 Å². The lowest BCUT2D eigenvalue weighted by atomic mass is 9.90. The second kappa shape index (κ2) is 8.32. The van der Waals surface area contributed by atoms with Crippen molar-refractivity contribution in [1.29, 1.82) is 0 Å². The third-order valence-corrected chi connectivity index (χ3v) is 5.10. The topological polar surface area (TPSA) is 30.0 Å². The highest BCUT2D eigenvalue weighted by atomic mass is 35.5. The third kappa shape index (κ3) is 3.64. The standard InChI is InChI=1S/C23H15Cl2NO.ClH/c1-14-21(23(27)15-7-3-2-4-8-15)22(17-9-5-6-10-19(17)25)18-13-16(24)11-12-20(18)26-14;/h2-13H,1H3;1H. The molecule has 4 rings (SSSR count). The molecule has 3 aromatic carbocycles. The summed E-state index contributed by atoms with van der Waals surface area (Å²) < 4.78 is 0. The van der Waals surface area contributed by atoms with Crippen LogP contribution in [0.25, 0.3) is 22.0 Å². The predicted octanol–water partition coefficient (Wildman–Crippen LogP) is 7.17. The van der Waals surface area contributed by atoms with Crippen LogP contribution in [0.5, 0.6) is 0 Å². The van der Waals surface area contributed by atoms with Crippen molar-refractivity contribution in [2.75, 3.05) is 0 Å². The Hall–Kier alpha value is -2.39. The number of carbonyl (C=O) groups is 1. The number of aromatic nitrogens is 1. The Morgan fingerprint density at radius 3 is 2.29 bits per heavy atom. The summed E-state index contributed by atoms with van der Waals surface area (Å²) in [4.78, 5) is 18.0. The highest BCUT2D eigenvalue weighted by Gasteiger charge is 2.22. The zero-order valence-corrected chi connectivity index (χ0v) is 17.3. The summed E-state index contributed by atoms with van der Waals surface area (Å²) in [6, 6.07) is 22.2. The number of rotatable bonds is 3. The van der Waals surface area contributed by atoms with Gasteiger partial charge in [0.05, 0.1) is 11.1 Å². The molecule has 0 N–H and O–H groups in total. The van der Waals surface area contributed by atoms with Crippen LogP contribution >= 0.6 is 35.6 Å². The van der Waals surface area contributed by atoms with E-state index in [9.17, 15) is 4.79 Å². The molecule has 0 aliphatic rings. The van der Waals surface area contributed by atoms with Gasteiger partial charge in [0, 0.05) is 37.8 Å². The van der Waals surface area contributed by atoms with Crippen molar-refractivity contribution in [2.45, 2.75) is 6.92 Å². The number of halogens is 3. The Bertz CT molecular complexity index is 1170. The van der Waals surface area contributed by atoms with E-state index in [1.165, 1.54) is 0 Å². The molecule has 5 heteroatoms. The van der Waals surface area contributed by atoms with Gasteiger partial charge in [-0.15, -0.1) is 12.4 Å². The second-order valence-corrected chi connectivity index (χ2v) is 7.13. The summed E-state index contributed by atoms with van der Waals surface area (Å²) in [5.41, 5.74) is 4.14. The lowest BCUT2D eigenvalue weighted by Crippen LogP contribution is -2.08. The fourth-order valence-corrected chi connectivity index (χ4v) is 3.72. The van der Waals surface area contributed by atoms with Crippen LogP contribution in [0.15, 0.2) is 72.8 Å². The van der Waals surface area contributed by atoms with Gasteiger partial charge >= 0.3 is 0 Å². The van der Waals surface area contributed by atoms with E-state index in [-0.39, 0.29) is 18.2 Å². The number of pyridine rings is 1. The van der Waals surface area contributed by atoms with Gasteiger partial charge in [0.2, 0.25) is 0 Å². The molecule has 0 aliphatic heterocycles. The SMILES string of the molecule is Cc1nc2ccc(Cl)cc2c(-c2ccccc2Cl)c1C(=O)c1ccccc1.Cl. The summed E-state index contributed by atoms with van der Waals surface area (Å²) in [6.07, 6.45) is 0. The average Bonchev–Trinajstić information content (AvgIpc) is 2.68. The van der Waals surface area contributed by atoms with Crippen molar-refractivity contribution in [1.82, 2.24) is 4.98 Å². The molecule has 0 unspecified atom stereocenters. The molecular formula is C23H16Cl3NO. The van der Waals surface area contributed by atoms with Crippen molar-refractivity contribution in [3.63, 3.8) is 0 Å². The Morgan fingerprint density at radius 2 is 1.57 bits per heavy atom. The van der Waals surface area contributed by atoms with E-state index in [0.29, 0.717) is 26.9 Å². The van der Waals surface area contributed by atoms with Gasteiger partial charge in [-0.1, -0.05) is 71.7 Å². The van der Waals surface area contributed by atoms with Crippen LogP contribution < -0.4 is 0 Å². The quantitative estimate of drug-likeness (QED) is 0.324. The number of nitrogens with zero attached hydrogens (tertiary/aromatic N) is 1. The molecule has 0 bridgehead atoms. The molecule has 28 heavy (non-hydrogen) atoms. The summed E-state index contributed by atoms with van der Waals surface area (Å²) in [6.45, 7) is 1.85. The minimum absolute atomic E-state index is 0. The van der Waals surface area contributed by atoms with Crippen molar-refractivity contribution in [3.8, 4) is 11.1 Å². The Labute approximate surface area is 179 Å². The molecule has 4 aromatic rings. The van der Waals surface area contributed by atoms with Crippen LogP contribution in [-0.2, 0) is 0 Å². The fourth-order valence-electron chi connectivity index (χ4n) is 3.31. The molecule has 0 fully saturated rings. The number of carbonyl (C=O) groups excluding carboxylic acids is 1. The number of hydrogen-bond acceptors (Lipinski definition) is 2. The van der Waals surface area contributed by atoms with E-state index in [4.69, 9.17) is 23.2 Å². The Morgan fingerprint density at radius 1 is 0.893 bits per heavy atom. The number of aryl methyl sites for hydroxylation is 1. The summed E-state index contributed by atoms with van der Waals surface area (Å²) in [7, 11) is 0. The van der Waals surface area contributed by atoms with Gasteiger partial charge < -0.3 is 0 Å². The van der Waals surface area contributed by atoms with Crippen LogP contribution in [0, 0.1) is 6.92 Å². The molecule has 140 valence electrons. The van der Waals surface area contributed by atoms with Crippen molar-refractivity contribution in [3.05, 3.63) is 99.7 Å². The summed E-state index contributed by atoms with van der Waals surface area (Å²) in [5, 5.41) is 1.96. The van der Waals surface area contributed by atoms with Gasteiger partial charge in [0.1, 0.15) is 0 Å². The maximum Gasteiger partial charge on any atom is 0.195 e. The first-order valence-corrected chi connectivity index (χ1v) is 9.26. The van der Waals surface area contributed by atoms with Gasteiger partial charge in [-0.05, 0) is 31.2 Å². The molecule has 0 aliphatic carbocycles. The summed E-state index contributed by atoms with van der Waals surface area (Å²) in [5.74, 6) is -0.0857. The van der Waals surface area contributed by atoms with Crippen molar-refractivity contribution in [2.24, 2.45) is 0 Å². The molecule has 2 nitrogen and oxygen atoms in total. The lowest BCUT2D eigenvalue weighted by molar-refractivity contribution is 0.103. The van der Waals surface area contributed by atoms with E-state index < -0.39 is 0 Å². The molecule has 0 radical (unpaired) electrons. The highest BCUT2D eigenvalue weighted by Crippen LogP contribution is 2.38. The van der Waals surface area contributed by atoms with Crippen LogP contribution in [0.2, 0.25) is 10.0 Å². The molecule has 0 spiro atoms. The van der Waals surface area contributed by atoms with E-state index in [2.05, 4.69) is 4.98 Å². The summed E-state index contributed by atoms with van der Waals surface area (Å²) >= 11 is 12.8. The number of hydrogen-bond donors (Lipinski definition) is 0. The third-order valence-electron chi connectivity index (χ3n) is 4.53. The first-order chi connectivity index (χ1) is 13.1. The molecule has 1 aromatic heterocycles. The first kappa shape index (κ1) is 20.3. The highest BCUT2D eigenvalue weighted by molar-refractivity contribution is 6.35. The number of fused-ring (bicyclic) bond motifs is 1. The molecule has 0 amide bonds. The molecule has 0 saturated heterocycles. The minimum Gasteiger partial charge on any atom is -0.289 e. The normalized spacial score (nSPS) is 10.5. The zero-order valence-electron chi connectivity index (χ0n) is 14.9.